The van der Waals surface area contributed by atoms with Gasteiger partial charge < -0.3 is 16.2 Å². The molecule has 0 aliphatic rings. The van der Waals surface area contributed by atoms with E-state index in [0.717, 1.165) is 19.3 Å². The predicted molar refractivity (Wildman–Crippen MR) is 84.9 cm³/mol. The largest absolute Gasteiger partial charge is 0.481 e. The number of carbonyl (C=O) groups is 2. The standard InChI is InChI=1S/C16H32N2O3/c1-5-6-12(4)8-13(9-15(19)20)10-18-16(21)14(17)7-11(2)3/h11-14H,5-10,17H2,1-4H3,(H,18,21)(H,19,20)/t12-,13+,14?/m1/s1. The summed E-state index contributed by atoms with van der Waals surface area (Å²) in [4.78, 5) is 22.8. The summed E-state index contributed by atoms with van der Waals surface area (Å²) in [5, 5.41) is 11.8. The van der Waals surface area contributed by atoms with Gasteiger partial charge in [-0.3, -0.25) is 9.59 Å². The van der Waals surface area contributed by atoms with Gasteiger partial charge in [0, 0.05) is 13.0 Å². The van der Waals surface area contributed by atoms with Crippen LogP contribution in [-0.2, 0) is 9.59 Å². The summed E-state index contributed by atoms with van der Waals surface area (Å²) < 4.78 is 0. The van der Waals surface area contributed by atoms with Crippen LogP contribution in [0.4, 0.5) is 0 Å². The highest BCUT2D eigenvalue weighted by Crippen LogP contribution is 2.19. The van der Waals surface area contributed by atoms with Crippen molar-refractivity contribution in [2.24, 2.45) is 23.5 Å². The Balaban J connectivity index is 4.33. The van der Waals surface area contributed by atoms with Crippen LogP contribution >= 0.6 is 0 Å². The van der Waals surface area contributed by atoms with Crippen molar-refractivity contribution in [1.82, 2.24) is 5.32 Å². The van der Waals surface area contributed by atoms with Crippen molar-refractivity contribution in [3.63, 3.8) is 0 Å². The summed E-state index contributed by atoms with van der Waals surface area (Å²) in [6.45, 7) is 8.69. The molecule has 5 heteroatoms. The molecular weight excluding hydrogens is 268 g/mol. The first kappa shape index (κ1) is 19.9. The Morgan fingerprint density at radius 3 is 2.29 bits per heavy atom. The van der Waals surface area contributed by atoms with Gasteiger partial charge >= 0.3 is 5.97 Å². The smallest absolute Gasteiger partial charge is 0.303 e. The molecule has 4 N–H and O–H groups in total. The molecule has 1 unspecified atom stereocenters. The second-order valence-electron chi connectivity index (χ2n) is 6.57. The molecule has 0 saturated heterocycles. The van der Waals surface area contributed by atoms with Crippen LogP contribution in [0.25, 0.3) is 0 Å². The number of hydrogen-bond acceptors (Lipinski definition) is 3. The van der Waals surface area contributed by atoms with Crippen molar-refractivity contribution < 1.29 is 14.7 Å². The van der Waals surface area contributed by atoms with E-state index >= 15 is 0 Å². The van der Waals surface area contributed by atoms with Crippen LogP contribution in [0, 0.1) is 17.8 Å². The SMILES string of the molecule is CCC[C@@H](C)C[C@H](CNC(=O)C(N)CC(C)C)CC(=O)O. The zero-order valence-electron chi connectivity index (χ0n) is 13.9. The lowest BCUT2D eigenvalue weighted by Gasteiger charge is -2.21. The molecule has 5 nitrogen and oxygen atoms in total. The Kier molecular flexibility index (Phi) is 10.0. The molecule has 0 radical (unpaired) electrons. The van der Waals surface area contributed by atoms with Gasteiger partial charge in [-0.1, -0.05) is 40.5 Å². The highest BCUT2D eigenvalue weighted by molar-refractivity contribution is 5.81. The second kappa shape index (κ2) is 10.6. The first-order valence-electron chi connectivity index (χ1n) is 8.01. The maximum absolute atomic E-state index is 11.9. The topological polar surface area (TPSA) is 92.4 Å². The fraction of sp³-hybridized carbons (Fsp3) is 0.875. The average molecular weight is 300 g/mol. The minimum absolute atomic E-state index is 0.0285. The predicted octanol–water partition coefficient (Wildman–Crippen LogP) is 2.39. The van der Waals surface area contributed by atoms with Crippen molar-refractivity contribution in [2.45, 2.75) is 65.8 Å². The molecule has 0 aromatic rings. The lowest BCUT2D eigenvalue weighted by atomic mass is 9.90. The van der Waals surface area contributed by atoms with Gasteiger partial charge in [-0.15, -0.1) is 0 Å². The summed E-state index contributed by atoms with van der Waals surface area (Å²) >= 11 is 0. The molecule has 0 fully saturated rings. The molecule has 21 heavy (non-hydrogen) atoms. The molecule has 0 aromatic heterocycles. The number of rotatable bonds is 11. The number of nitrogens with two attached hydrogens (primary N) is 1. The van der Waals surface area contributed by atoms with E-state index in [-0.39, 0.29) is 18.2 Å². The van der Waals surface area contributed by atoms with Crippen molar-refractivity contribution in [2.75, 3.05) is 6.54 Å². The number of amides is 1. The summed E-state index contributed by atoms with van der Waals surface area (Å²) in [5.74, 6) is -0.184. The summed E-state index contributed by atoms with van der Waals surface area (Å²) in [5.41, 5.74) is 5.83. The van der Waals surface area contributed by atoms with Gasteiger partial charge in [-0.2, -0.15) is 0 Å². The highest BCUT2D eigenvalue weighted by atomic mass is 16.4. The number of carboxylic acids is 1. The van der Waals surface area contributed by atoms with Crippen LogP contribution in [0.2, 0.25) is 0 Å². The van der Waals surface area contributed by atoms with Crippen LogP contribution in [0.3, 0.4) is 0 Å². The molecule has 0 aromatic carbocycles. The fourth-order valence-electron chi connectivity index (χ4n) is 2.66. The third-order valence-electron chi connectivity index (χ3n) is 3.61. The van der Waals surface area contributed by atoms with Crippen LogP contribution in [0.1, 0.15) is 59.8 Å². The summed E-state index contributed by atoms with van der Waals surface area (Å²) in [6.07, 6.45) is 3.72. The van der Waals surface area contributed by atoms with E-state index in [2.05, 4.69) is 19.2 Å². The van der Waals surface area contributed by atoms with E-state index < -0.39 is 12.0 Å². The minimum Gasteiger partial charge on any atom is -0.481 e. The zero-order valence-corrected chi connectivity index (χ0v) is 13.9. The quantitative estimate of drug-likeness (QED) is 0.546. The highest BCUT2D eigenvalue weighted by Gasteiger charge is 2.20. The molecule has 0 aliphatic carbocycles. The number of nitrogens with one attached hydrogen (secondary N) is 1. The third-order valence-corrected chi connectivity index (χ3v) is 3.61. The number of carbonyl (C=O) groups excluding carboxylic acids is 1. The van der Waals surface area contributed by atoms with Crippen LogP contribution in [0.5, 0.6) is 0 Å². The van der Waals surface area contributed by atoms with Crippen molar-refractivity contribution in [1.29, 1.82) is 0 Å². The molecule has 0 saturated carbocycles. The Labute approximate surface area is 128 Å². The fourth-order valence-corrected chi connectivity index (χ4v) is 2.66. The van der Waals surface area contributed by atoms with Gasteiger partial charge in [0.1, 0.15) is 0 Å². The van der Waals surface area contributed by atoms with Crippen LogP contribution in [-0.4, -0.2) is 29.6 Å². The molecular formula is C16H32N2O3. The molecule has 124 valence electrons. The van der Waals surface area contributed by atoms with E-state index in [0.29, 0.717) is 24.8 Å². The Bertz CT molecular complexity index is 319. The van der Waals surface area contributed by atoms with Crippen LogP contribution in [0.15, 0.2) is 0 Å². The van der Waals surface area contributed by atoms with E-state index in [1.807, 2.05) is 13.8 Å². The number of hydrogen-bond donors (Lipinski definition) is 3. The maximum atomic E-state index is 11.9. The van der Waals surface area contributed by atoms with Gasteiger partial charge in [-0.05, 0) is 30.6 Å². The molecule has 0 aliphatic heterocycles. The monoisotopic (exact) mass is 300 g/mol. The van der Waals surface area contributed by atoms with Gasteiger partial charge in [0.15, 0.2) is 0 Å². The molecule has 0 bridgehead atoms. The van der Waals surface area contributed by atoms with Gasteiger partial charge in [0.05, 0.1) is 6.04 Å². The van der Waals surface area contributed by atoms with E-state index in [9.17, 15) is 9.59 Å². The molecule has 1 amide bonds. The van der Waals surface area contributed by atoms with Crippen molar-refractivity contribution in [3.05, 3.63) is 0 Å². The Hall–Kier alpha value is -1.10. The molecule has 0 heterocycles. The van der Waals surface area contributed by atoms with Gasteiger partial charge in [-0.25, -0.2) is 0 Å². The van der Waals surface area contributed by atoms with Gasteiger partial charge in [0.2, 0.25) is 5.91 Å². The van der Waals surface area contributed by atoms with E-state index in [1.165, 1.54) is 0 Å². The first-order chi connectivity index (χ1) is 9.76. The maximum Gasteiger partial charge on any atom is 0.303 e. The van der Waals surface area contributed by atoms with Crippen LogP contribution < -0.4 is 11.1 Å². The molecule has 3 atom stereocenters. The number of aliphatic carboxylic acids is 1. The average Bonchev–Trinajstić information content (AvgIpc) is 2.34. The van der Waals surface area contributed by atoms with Gasteiger partial charge in [0.25, 0.3) is 0 Å². The first-order valence-corrected chi connectivity index (χ1v) is 8.01. The Morgan fingerprint density at radius 1 is 1.19 bits per heavy atom. The van der Waals surface area contributed by atoms with E-state index in [4.69, 9.17) is 10.8 Å². The third kappa shape index (κ3) is 10.3. The molecule has 0 spiro atoms. The normalized spacial score (nSPS) is 15.5. The van der Waals surface area contributed by atoms with E-state index in [1.54, 1.807) is 0 Å². The lowest BCUT2D eigenvalue weighted by Crippen LogP contribution is -2.43. The zero-order chi connectivity index (χ0) is 16.4. The minimum atomic E-state index is -0.815. The second-order valence-corrected chi connectivity index (χ2v) is 6.57. The van der Waals surface area contributed by atoms with Crippen molar-refractivity contribution in [3.8, 4) is 0 Å². The number of carboxylic acid groups (broad SMARTS) is 1. The lowest BCUT2D eigenvalue weighted by molar-refractivity contribution is -0.138. The summed E-state index contributed by atoms with van der Waals surface area (Å²) in [7, 11) is 0. The Morgan fingerprint density at radius 2 is 1.81 bits per heavy atom. The summed E-state index contributed by atoms with van der Waals surface area (Å²) in [6, 6.07) is -0.511. The molecule has 0 rings (SSSR count). The van der Waals surface area contributed by atoms with Crippen molar-refractivity contribution >= 4 is 11.9 Å².